The molecule has 2 heterocycles. The molecule has 0 aliphatic heterocycles. The van der Waals surface area contributed by atoms with Gasteiger partial charge in [-0.1, -0.05) is 6.07 Å². The molecule has 4 rings (SSSR count). The van der Waals surface area contributed by atoms with Gasteiger partial charge in [-0.3, -0.25) is 14.6 Å². The van der Waals surface area contributed by atoms with Crippen molar-refractivity contribution in [3.05, 3.63) is 70.1 Å². The Morgan fingerprint density at radius 3 is 2.44 bits per heavy atom. The smallest absolute Gasteiger partial charge is 0.306 e. The van der Waals surface area contributed by atoms with Crippen molar-refractivity contribution in [2.24, 2.45) is 0 Å². The van der Waals surface area contributed by atoms with Gasteiger partial charge in [0.05, 0.1) is 13.5 Å². The molecule has 1 atom stereocenters. The molecule has 5 N–H and O–H groups in total. The maximum Gasteiger partial charge on any atom is 0.306 e. The fourth-order valence-corrected chi connectivity index (χ4v) is 3.76. The number of benzene rings is 2. The zero-order valence-corrected chi connectivity index (χ0v) is 17.7. The van der Waals surface area contributed by atoms with Crippen LogP contribution in [0.4, 0.5) is 0 Å². The van der Waals surface area contributed by atoms with Crippen molar-refractivity contribution < 1.29 is 39.5 Å². The first-order valence-electron chi connectivity index (χ1n) is 9.96. The molecule has 0 aliphatic rings. The Labute approximate surface area is 191 Å². The van der Waals surface area contributed by atoms with E-state index in [1.165, 1.54) is 25.6 Å². The zero-order chi connectivity index (χ0) is 24.6. The summed E-state index contributed by atoms with van der Waals surface area (Å²) in [4.78, 5) is 29.3. The second kappa shape index (κ2) is 8.66. The molecule has 2 aromatic carbocycles. The summed E-state index contributed by atoms with van der Waals surface area (Å²) in [5.41, 5.74) is -0.806. The van der Waals surface area contributed by atoms with Crippen LogP contribution in [0, 0.1) is 0 Å². The average Bonchev–Trinajstić information content (AvgIpc) is 2.82. The van der Waals surface area contributed by atoms with Crippen LogP contribution in [-0.2, 0) is 9.53 Å². The van der Waals surface area contributed by atoms with Gasteiger partial charge in [0.1, 0.15) is 22.5 Å². The molecule has 2 aromatic heterocycles. The highest BCUT2D eigenvalue weighted by atomic mass is 16.5. The molecule has 0 unspecified atom stereocenters. The Hall–Kier alpha value is -4.73. The summed E-state index contributed by atoms with van der Waals surface area (Å²) >= 11 is 0. The van der Waals surface area contributed by atoms with E-state index in [4.69, 9.17) is 9.15 Å². The van der Waals surface area contributed by atoms with E-state index in [1.54, 1.807) is 12.1 Å². The molecule has 0 fully saturated rings. The van der Waals surface area contributed by atoms with Crippen LogP contribution in [0.3, 0.4) is 0 Å². The number of phenolic OH excluding ortho intramolecular Hbond substituents is 4. The molecule has 4 aromatic rings. The molecule has 10 nitrogen and oxygen atoms in total. The number of phenols is 4. The molecule has 0 amide bonds. The van der Waals surface area contributed by atoms with E-state index in [2.05, 4.69) is 4.98 Å². The van der Waals surface area contributed by atoms with E-state index < -0.39 is 51.4 Å². The summed E-state index contributed by atoms with van der Waals surface area (Å²) in [7, 11) is 1.20. The highest BCUT2D eigenvalue weighted by molar-refractivity contribution is 5.92. The van der Waals surface area contributed by atoms with Gasteiger partial charge in [0, 0.05) is 35.5 Å². The lowest BCUT2D eigenvalue weighted by molar-refractivity contribution is -0.140. The fourth-order valence-electron chi connectivity index (χ4n) is 3.76. The van der Waals surface area contributed by atoms with Crippen molar-refractivity contribution >= 4 is 16.9 Å². The van der Waals surface area contributed by atoms with Crippen molar-refractivity contribution in [2.45, 2.75) is 12.3 Å². The minimum absolute atomic E-state index is 0.0208. The minimum Gasteiger partial charge on any atom is -0.507 e. The van der Waals surface area contributed by atoms with Crippen molar-refractivity contribution in [3.8, 4) is 40.1 Å². The molecular formula is C24H19NO9. The van der Waals surface area contributed by atoms with Crippen molar-refractivity contribution in [2.75, 3.05) is 7.11 Å². The van der Waals surface area contributed by atoms with Crippen LogP contribution in [0.1, 0.15) is 23.5 Å². The van der Waals surface area contributed by atoms with E-state index in [9.17, 15) is 35.1 Å². The Morgan fingerprint density at radius 2 is 1.79 bits per heavy atom. The third kappa shape index (κ3) is 3.81. The van der Waals surface area contributed by atoms with Crippen LogP contribution < -0.4 is 5.43 Å². The maximum atomic E-state index is 13.0. The Kier molecular flexibility index (Phi) is 5.72. The largest absolute Gasteiger partial charge is 0.507 e. The summed E-state index contributed by atoms with van der Waals surface area (Å²) < 4.78 is 10.6. The van der Waals surface area contributed by atoms with E-state index in [1.807, 2.05) is 0 Å². The normalized spacial score (nSPS) is 11.9. The monoisotopic (exact) mass is 465 g/mol. The number of nitrogens with zero attached hydrogens (tertiary/aromatic N) is 1. The van der Waals surface area contributed by atoms with Crippen molar-refractivity contribution in [1.29, 1.82) is 0 Å². The van der Waals surface area contributed by atoms with Gasteiger partial charge < -0.3 is 34.7 Å². The second-order valence-electron chi connectivity index (χ2n) is 7.46. The summed E-state index contributed by atoms with van der Waals surface area (Å²) in [5.74, 6) is -4.87. The molecule has 0 saturated heterocycles. The van der Waals surface area contributed by atoms with Crippen LogP contribution in [0.5, 0.6) is 28.7 Å². The highest BCUT2D eigenvalue weighted by Gasteiger charge is 2.30. The number of carbonyl (C=O) groups excluding carboxylic acids is 1. The third-order valence-corrected chi connectivity index (χ3v) is 5.41. The standard InChI is InChI=1S/C24H19NO9/c1-33-18(30)8-13(12-3-2-6-25-10-12)19-16(28)9-17(29)20-21(31)22(32)23(34-24(19)20)11-4-5-14(26)15(27)7-11/h2-7,9-10,13,26-29,32H,8H2,1H3/t13-/m1/s1. The Bertz CT molecular complexity index is 1460. The number of hydrogen-bond acceptors (Lipinski definition) is 10. The molecule has 34 heavy (non-hydrogen) atoms. The molecule has 0 bridgehead atoms. The van der Waals surface area contributed by atoms with Gasteiger partial charge in [0.25, 0.3) is 0 Å². The molecule has 0 saturated carbocycles. The number of methoxy groups -OCH3 is 1. The van der Waals surface area contributed by atoms with Crippen LogP contribution in [0.15, 0.2) is 58.0 Å². The first kappa shape index (κ1) is 22.5. The average molecular weight is 465 g/mol. The molecule has 0 spiro atoms. The van der Waals surface area contributed by atoms with Crippen LogP contribution >= 0.6 is 0 Å². The van der Waals surface area contributed by atoms with Crippen molar-refractivity contribution in [1.82, 2.24) is 4.98 Å². The number of carbonyl (C=O) groups is 1. The number of rotatable bonds is 5. The summed E-state index contributed by atoms with van der Waals surface area (Å²) in [6, 6.07) is 7.66. The van der Waals surface area contributed by atoms with E-state index in [0.717, 1.165) is 18.2 Å². The molecule has 174 valence electrons. The molecule has 10 heteroatoms. The minimum atomic E-state index is -1.01. The summed E-state index contributed by atoms with van der Waals surface area (Å²) in [6.07, 6.45) is 2.71. The van der Waals surface area contributed by atoms with Gasteiger partial charge >= 0.3 is 5.97 Å². The quantitative estimate of drug-likeness (QED) is 0.218. The lowest BCUT2D eigenvalue weighted by atomic mass is 9.87. The number of ether oxygens (including phenoxy) is 1. The fraction of sp³-hybridized carbons (Fsp3) is 0.125. The lowest BCUT2D eigenvalue weighted by Crippen LogP contribution is -2.12. The van der Waals surface area contributed by atoms with Gasteiger partial charge in [-0.25, -0.2) is 0 Å². The number of aromatic hydroxyl groups is 5. The lowest BCUT2D eigenvalue weighted by Gasteiger charge is -2.20. The predicted molar refractivity (Wildman–Crippen MR) is 119 cm³/mol. The van der Waals surface area contributed by atoms with Crippen LogP contribution in [0.25, 0.3) is 22.3 Å². The second-order valence-corrected chi connectivity index (χ2v) is 7.46. The highest BCUT2D eigenvalue weighted by Crippen LogP contribution is 2.44. The topological polar surface area (TPSA) is 171 Å². The molecule has 0 radical (unpaired) electrons. The van der Waals surface area contributed by atoms with E-state index in [-0.39, 0.29) is 28.9 Å². The van der Waals surface area contributed by atoms with Crippen LogP contribution in [-0.4, -0.2) is 43.6 Å². The van der Waals surface area contributed by atoms with Gasteiger partial charge in [-0.2, -0.15) is 0 Å². The van der Waals surface area contributed by atoms with Gasteiger partial charge in [0.2, 0.25) is 11.2 Å². The van der Waals surface area contributed by atoms with Gasteiger partial charge in [-0.05, 0) is 29.8 Å². The number of fused-ring (bicyclic) bond motifs is 1. The number of pyridine rings is 1. The predicted octanol–water partition coefficient (Wildman–Crippen LogP) is 3.08. The van der Waals surface area contributed by atoms with E-state index in [0.29, 0.717) is 5.56 Å². The first-order valence-corrected chi connectivity index (χ1v) is 9.96. The SMILES string of the molecule is COC(=O)C[C@H](c1cccnc1)c1c(O)cc(O)c2c(=O)c(O)c(-c3ccc(O)c(O)c3)oc12. The third-order valence-electron chi connectivity index (χ3n) is 5.41. The Morgan fingerprint density at radius 1 is 1.03 bits per heavy atom. The number of esters is 1. The number of aromatic nitrogens is 1. The molecular weight excluding hydrogens is 446 g/mol. The number of hydrogen-bond donors (Lipinski definition) is 5. The van der Waals surface area contributed by atoms with Crippen molar-refractivity contribution in [3.63, 3.8) is 0 Å². The zero-order valence-electron chi connectivity index (χ0n) is 17.7. The van der Waals surface area contributed by atoms with Crippen LogP contribution in [0.2, 0.25) is 0 Å². The van der Waals surface area contributed by atoms with Gasteiger partial charge in [0.15, 0.2) is 17.3 Å². The van der Waals surface area contributed by atoms with E-state index >= 15 is 0 Å². The summed E-state index contributed by atoms with van der Waals surface area (Å²) in [5, 5.41) is 50.7. The molecule has 0 aliphatic carbocycles. The Balaban J connectivity index is 2.08. The summed E-state index contributed by atoms with van der Waals surface area (Å²) in [6.45, 7) is 0. The maximum absolute atomic E-state index is 13.0. The van der Waals surface area contributed by atoms with Gasteiger partial charge in [-0.15, -0.1) is 0 Å². The first-order chi connectivity index (χ1) is 16.2.